The van der Waals surface area contributed by atoms with Crippen LogP contribution in [-0.4, -0.2) is 79.8 Å². The van der Waals surface area contributed by atoms with Crippen molar-refractivity contribution in [3.05, 3.63) is 46.8 Å². The summed E-state index contributed by atoms with van der Waals surface area (Å²) in [6, 6.07) is 1.21. The van der Waals surface area contributed by atoms with Crippen LogP contribution in [0.15, 0.2) is 18.2 Å². The third-order valence-corrected chi connectivity index (χ3v) is 6.71. The minimum atomic E-state index is -4.90. The van der Waals surface area contributed by atoms with Crippen LogP contribution in [0, 0.1) is 11.6 Å². The van der Waals surface area contributed by atoms with Gasteiger partial charge in [0, 0.05) is 50.0 Å². The lowest BCUT2D eigenvalue weighted by atomic mass is 10.00. The Hall–Kier alpha value is -3.53. The molecule has 16 heteroatoms. The Morgan fingerprint density at radius 2 is 1.88 bits per heavy atom. The molecule has 1 aromatic heterocycles. The molecule has 1 saturated heterocycles. The maximum Gasteiger partial charge on any atom is 0.433 e. The predicted molar refractivity (Wildman–Crippen MR) is 123 cm³/mol. The number of fused-ring (bicyclic) bond motifs is 1. The summed E-state index contributed by atoms with van der Waals surface area (Å²) in [7, 11) is 0. The molecule has 4 rings (SSSR count). The van der Waals surface area contributed by atoms with E-state index in [1.807, 2.05) is 0 Å². The summed E-state index contributed by atoms with van der Waals surface area (Å²) in [4.78, 5) is 33.2. The monoisotopic (exact) mass is 579 g/mol. The zero-order valence-corrected chi connectivity index (χ0v) is 20.7. The van der Waals surface area contributed by atoms with E-state index in [9.17, 15) is 50.5 Å². The van der Waals surface area contributed by atoms with Gasteiger partial charge >= 0.3 is 12.3 Å². The molecule has 2 atom stereocenters. The summed E-state index contributed by atoms with van der Waals surface area (Å²) >= 11 is 0. The van der Waals surface area contributed by atoms with Crippen molar-refractivity contribution >= 4 is 12.0 Å². The lowest BCUT2D eigenvalue weighted by molar-refractivity contribution is -0.148. The molecule has 40 heavy (non-hydrogen) atoms. The quantitative estimate of drug-likeness (QED) is 0.431. The molecular weight excluding hydrogens is 555 g/mol. The number of aromatic nitrogens is 2. The largest absolute Gasteiger partial charge is 0.465 e. The van der Waals surface area contributed by atoms with Gasteiger partial charge in [-0.25, -0.2) is 32.3 Å². The number of nitrogens with zero attached hydrogens (tertiary/aromatic N) is 4. The van der Waals surface area contributed by atoms with E-state index < -0.39 is 85.5 Å². The van der Waals surface area contributed by atoms with E-state index in [0.29, 0.717) is 6.07 Å². The molecule has 3 N–H and O–H groups in total. The molecule has 0 aliphatic carbocycles. The number of halogens is 7. The lowest BCUT2D eigenvalue weighted by Gasteiger charge is -2.37. The van der Waals surface area contributed by atoms with Crippen molar-refractivity contribution in [3.8, 4) is 11.4 Å². The van der Waals surface area contributed by atoms with Crippen molar-refractivity contribution in [1.29, 1.82) is 0 Å². The molecule has 0 radical (unpaired) electrons. The molecular formula is C24H24F7N5O4. The van der Waals surface area contributed by atoms with Gasteiger partial charge in [-0.3, -0.25) is 9.69 Å². The molecule has 2 amide bonds. The second-order valence-electron chi connectivity index (χ2n) is 9.66. The van der Waals surface area contributed by atoms with Crippen molar-refractivity contribution in [2.45, 2.75) is 56.6 Å². The van der Waals surface area contributed by atoms with Crippen molar-refractivity contribution in [2.75, 3.05) is 19.6 Å². The van der Waals surface area contributed by atoms with Crippen molar-refractivity contribution < 1.29 is 50.5 Å². The highest BCUT2D eigenvalue weighted by molar-refractivity contribution is 5.77. The summed E-state index contributed by atoms with van der Waals surface area (Å²) in [6.45, 7) is -1.84. The second kappa shape index (κ2) is 11.2. The van der Waals surface area contributed by atoms with Gasteiger partial charge in [0.1, 0.15) is 6.23 Å². The first kappa shape index (κ1) is 29.5. The van der Waals surface area contributed by atoms with Gasteiger partial charge < -0.3 is 20.4 Å². The fraction of sp³-hybridized carbons (Fsp3) is 0.500. The first-order chi connectivity index (χ1) is 18.6. The van der Waals surface area contributed by atoms with Crippen LogP contribution in [0.1, 0.15) is 36.2 Å². The van der Waals surface area contributed by atoms with Crippen molar-refractivity contribution in [1.82, 2.24) is 25.1 Å². The van der Waals surface area contributed by atoms with Gasteiger partial charge in [-0.2, -0.15) is 13.2 Å². The van der Waals surface area contributed by atoms with Crippen LogP contribution < -0.4 is 5.32 Å². The number of rotatable bonds is 7. The van der Waals surface area contributed by atoms with E-state index in [0.717, 1.165) is 17.0 Å². The van der Waals surface area contributed by atoms with Crippen LogP contribution in [0.4, 0.5) is 35.5 Å². The van der Waals surface area contributed by atoms with Crippen LogP contribution in [0.25, 0.3) is 11.4 Å². The van der Waals surface area contributed by atoms with Gasteiger partial charge in [-0.15, -0.1) is 0 Å². The zero-order chi connectivity index (χ0) is 29.4. The van der Waals surface area contributed by atoms with Crippen LogP contribution in [0.2, 0.25) is 0 Å². The van der Waals surface area contributed by atoms with Gasteiger partial charge in [-0.05, 0) is 24.6 Å². The first-order valence-electron chi connectivity index (χ1n) is 12.1. The highest BCUT2D eigenvalue weighted by Crippen LogP contribution is 2.36. The highest BCUT2D eigenvalue weighted by atomic mass is 19.4. The van der Waals surface area contributed by atoms with E-state index in [1.54, 1.807) is 0 Å². The summed E-state index contributed by atoms with van der Waals surface area (Å²) in [5.41, 5.74) is -1.86. The lowest BCUT2D eigenvalue weighted by Crippen LogP contribution is -2.54. The Balaban J connectivity index is 1.56. The highest BCUT2D eigenvalue weighted by Gasteiger charge is 2.41. The maximum absolute atomic E-state index is 13.8. The fourth-order valence-corrected chi connectivity index (χ4v) is 4.79. The van der Waals surface area contributed by atoms with Crippen LogP contribution >= 0.6 is 0 Å². The van der Waals surface area contributed by atoms with Crippen LogP contribution in [0.3, 0.4) is 0 Å². The number of aliphatic hydroxyl groups excluding tert-OH is 1. The molecule has 218 valence electrons. The molecule has 2 aliphatic rings. The SMILES string of the molecule is O=C(O)N[C@@H](CC(O)N1CCc2c(nc(-c3ccc(F)c(F)c3)nc2C(F)(F)F)C1)CN1CC(F)(F)CCC1=O. The standard InChI is InChI=1S/C24H24F7N5O4/c25-15-2-1-12(7-16(15)26)21-33-17-10-35(6-4-14(17)20(34-21)24(29,30)31)19(38)8-13(32-22(39)40)9-36-11-23(27,28)5-3-18(36)37/h1-2,7,13,19,32,38H,3-6,8-11H2,(H,39,40)/t13-,19?/m0/s1. The number of benzene rings is 1. The number of carboxylic acid groups (broad SMARTS) is 1. The number of amides is 2. The minimum absolute atomic E-state index is 0.119. The molecule has 0 saturated carbocycles. The summed E-state index contributed by atoms with van der Waals surface area (Å²) in [5.74, 6) is -6.81. The van der Waals surface area contributed by atoms with E-state index in [-0.39, 0.29) is 42.8 Å². The van der Waals surface area contributed by atoms with Crippen LogP contribution in [-0.2, 0) is 23.9 Å². The molecule has 3 heterocycles. The van der Waals surface area contributed by atoms with Gasteiger partial charge in [0.05, 0.1) is 18.3 Å². The summed E-state index contributed by atoms with van der Waals surface area (Å²) < 4.78 is 96.3. The van der Waals surface area contributed by atoms with Crippen molar-refractivity contribution in [2.24, 2.45) is 0 Å². The predicted octanol–water partition coefficient (Wildman–Crippen LogP) is 3.40. The van der Waals surface area contributed by atoms with Crippen LogP contribution in [0.5, 0.6) is 0 Å². The average molecular weight is 579 g/mol. The number of likely N-dealkylation sites (tertiary alicyclic amines) is 1. The van der Waals surface area contributed by atoms with Gasteiger partial charge in [0.25, 0.3) is 5.92 Å². The molecule has 0 spiro atoms. The molecule has 9 nitrogen and oxygen atoms in total. The Kier molecular flexibility index (Phi) is 8.21. The Bertz CT molecular complexity index is 1290. The Labute approximate surface area is 222 Å². The molecule has 1 aromatic carbocycles. The number of carbonyl (C=O) groups is 2. The van der Waals surface area contributed by atoms with E-state index >= 15 is 0 Å². The average Bonchev–Trinajstić information content (AvgIpc) is 2.85. The molecule has 2 aromatic rings. The number of aliphatic hydroxyl groups is 1. The fourth-order valence-electron chi connectivity index (χ4n) is 4.79. The number of carbonyl (C=O) groups excluding carboxylic acids is 1. The molecule has 2 aliphatic heterocycles. The van der Waals surface area contributed by atoms with Crippen molar-refractivity contribution in [3.63, 3.8) is 0 Å². The van der Waals surface area contributed by atoms with E-state index in [1.165, 1.54) is 4.90 Å². The second-order valence-corrected chi connectivity index (χ2v) is 9.66. The number of nitrogens with one attached hydrogen (secondary N) is 1. The molecule has 1 fully saturated rings. The van der Waals surface area contributed by atoms with Gasteiger partial charge in [0.2, 0.25) is 5.91 Å². The normalized spacial score (nSPS) is 19.2. The zero-order valence-electron chi connectivity index (χ0n) is 20.7. The Morgan fingerprint density at radius 3 is 2.52 bits per heavy atom. The third kappa shape index (κ3) is 6.78. The number of piperidine rings is 1. The molecule has 0 bridgehead atoms. The summed E-state index contributed by atoms with van der Waals surface area (Å²) in [6.07, 6.45) is -9.61. The minimum Gasteiger partial charge on any atom is -0.465 e. The topological polar surface area (TPSA) is 119 Å². The number of hydrogen-bond acceptors (Lipinski definition) is 6. The first-order valence-corrected chi connectivity index (χ1v) is 12.1. The Morgan fingerprint density at radius 1 is 1.15 bits per heavy atom. The van der Waals surface area contributed by atoms with E-state index in [4.69, 9.17) is 0 Å². The van der Waals surface area contributed by atoms with Gasteiger partial charge in [0.15, 0.2) is 23.2 Å². The number of alkyl halides is 5. The summed E-state index contributed by atoms with van der Waals surface area (Å²) in [5, 5.41) is 22.1. The third-order valence-electron chi connectivity index (χ3n) is 6.71. The van der Waals surface area contributed by atoms with E-state index in [2.05, 4.69) is 15.3 Å². The number of hydrogen-bond donors (Lipinski definition) is 3. The smallest absolute Gasteiger partial charge is 0.433 e. The molecule has 1 unspecified atom stereocenters. The maximum atomic E-state index is 13.8. The van der Waals surface area contributed by atoms with Gasteiger partial charge in [-0.1, -0.05) is 0 Å².